The third-order valence-electron chi connectivity index (χ3n) is 3.76. The number of hydrogen-bond donors (Lipinski definition) is 2. The Kier molecular flexibility index (Phi) is 5.51. The third kappa shape index (κ3) is 4.72. The summed E-state index contributed by atoms with van der Waals surface area (Å²) in [5, 5.41) is 6.36. The summed E-state index contributed by atoms with van der Waals surface area (Å²) < 4.78 is 9.91. The van der Waals surface area contributed by atoms with Crippen LogP contribution in [-0.4, -0.2) is 30.2 Å². The van der Waals surface area contributed by atoms with E-state index in [9.17, 15) is 4.79 Å². The van der Waals surface area contributed by atoms with Crippen LogP contribution in [0.1, 0.15) is 16.1 Å². The molecule has 2 aromatic carbocycles. The lowest BCUT2D eigenvalue weighted by atomic mass is 10.2. The topological polar surface area (TPSA) is 85.4 Å². The highest BCUT2D eigenvalue weighted by atomic mass is 16.5. The molecule has 0 atom stereocenters. The molecule has 0 spiro atoms. The minimum atomic E-state index is -0.398. The van der Waals surface area contributed by atoms with Gasteiger partial charge in [-0.05, 0) is 49.4 Å². The van der Waals surface area contributed by atoms with Gasteiger partial charge in [-0.2, -0.15) is 4.98 Å². The van der Waals surface area contributed by atoms with Gasteiger partial charge in [-0.15, -0.1) is 0 Å². The molecule has 0 aliphatic heterocycles. The fourth-order valence-corrected chi connectivity index (χ4v) is 2.48. The molecule has 3 rings (SSSR count). The predicted octanol–water partition coefficient (Wildman–Crippen LogP) is 4.07. The van der Waals surface area contributed by atoms with Crippen molar-refractivity contribution in [2.24, 2.45) is 0 Å². The lowest BCUT2D eigenvalue weighted by Crippen LogP contribution is -2.04. The summed E-state index contributed by atoms with van der Waals surface area (Å²) in [6.45, 7) is 1.89. The molecule has 0 amide bonds. The molecule has 2 N–H and O–H groups in total. The van der Waals surface area contributed by atoms with Crippen LogP contribution in [0.3, 0.4) is 0 Å². The van der Waals surface area contributed by atoms with Gasteiger partial charge in [0.05, 0.1) is 19.8 Å². The average molecular weight is 364 g/mol. The van der Waals surface area contributed by atoms with E-state index in [0.717, 1.165) is 17.1 Å². The number of nitrogens with one attached hydrogen (secondary N) is 2. The molecule has 0 aliphatic rings. The van der Waals surface area contributed by atoms with E-state index < -0.39 is 5.97 Å². The Morgan fingerprint density at radius 1 is 0.926 bits per heavy atom. The maximum atomic E-state index is 11.7. The van der Waals surface area contributed by atoms with E-state index >= 15 is 0 Å². The van der Waals surface area contributed by atoms with Gasteiger partial charge in [0.2, 0.25) is 5.95 Å². The monoisotopic (exact) mass is 364 g/mol. The number of esters is 1. The Hall–Kier alpha value is -3.61. The number of methoxy groups -OCH3 is 2. The zero-order valence-electron chi connectivity index (χ0n) is 15.3. The Bertz CT molecular complexity index is 942. The molecule has 0 unspecified atom stereocenters. The molecule has 0 bridgehead atoms. The van der Waals surface area contributed by atoms with E-state index in [4.69, 9.17) is 9.47 Å². The second-order valence-corrected chi connectivity index (χ2v) is 5.77. The average Bonchev–Trinajstić information content (AvgIpc) is 2.67. The number of hydrogen-bond acceptors (Lipinski definition) is 7. The quantitative estimate of drug-likeness (QED) is 0.638. The molecule has 0 aliphatic carbocycles. The maximum Gasteiger partial charge on any atom is 0.337 e. The van der Waals surface area contributed by atoms with E-state index in [0.29, 0.717) is 23.0 Å². The van der Waals surface area contributed by atoms with Gasteiger partial charge in [-0.25, -0.2) is 9.78 Å². The second-order valence-electron chi connectivity index (χ2n) is 5.77. The van der Waals surface area contributed by atoms with Gasteiger partial charge >= 0.3 is 5.97 Å². The van der Waals surface area contributed by atoms with Crippen LogP contribution in [0, 0.1) is 6.92 Å². The predicted molar refractivity (Wildman–Crippen MR) is 104 cm³/mol. The standard InChI is InChI=1S/C20H20N4O3/c1-13-11-18(22-15-7-9-17(26-2)10-8-15)24-20(21-13)23-16-6-4-5-14(12-16)19(25)27-3/h4-12H,1-3H3,(H2,21,22,23,24). The minimum Gasteiger partial charge on any atom is -0.497 e. The van der Waals surface area contributed by atoms with E-state index in [1.165, 1.54) is 7.11 Å². The normalized spacial score (nSPS) is 10.2. The van der Waals surface area contributed by atoms with Crippen LogP contribution in [-0.2, 0) is 4.74 Å². The van der Waals surface area contributed by atoms with Crippen molar-refractivity contribution < 1.29 is 14.3 Å². The van der Waals surface area contributed by atoms with Crippen molar-refractivity contribution in [3.8, 4) is 5.75 Å². The first kappa shape index (κ1) is 18.2. The SMILES string of the molecule is COC(=O)c1cccc(Nc2nc(C)cc(Nc3ccc(OC)cc3)n2)c1. The molecule has 7 heteroatoms. The first-order valence-corrected chi connectivity index (χ1v) is 8.29. The number of benzene rings is 2. The summed E-state index contributed by atoms with van der Waals surface area (Å²) >= 11 is 0. The Balaban J connectivity index is 1.79. The first-order chi connectivity index (χ1) is 13.1. The summed E-state index contributed by atoms with van der Waals surface area (Å²) in [7, 11) is 2.98. The summed E-state index contributed by atoms with van der Waals surface area (Å²) in [5.74, 6) is 1.46. The molecular formula is C20H20N4O3. The summed E-state index contributed by atoms with van der Waals surface area (Å²) in [5.41, 5.74) is 2.82. The maximum absolute atomic E-state index is 11.7. The molecule has 7 nitrogen and oxygen atoms in total. The smallest absolute Gasteiger partial charge is 0.337 e. The van der Waals surface area contributed by atoms with E-state index in [2.05, 4.69) is 20.6 Å². The van der Waals surface area contributed by atoms with Gasteiger partial charge in [-0.1, -0.05) is 6.07 Å². The molecule has 1 aromatic heterocycles. The molecule has 0 saturated heterocycles. The molecule has 0 radical (unpaired) electrons. The number of nitrogens with zero attached hydrogens (tertiary/aromatic N) is 2. The van der Waals surface area contributed by atoms with Crippen LogP contribution in [0.5, 0.6) is 5.75 Å². The van der Waals surface area contributed by atoms with Gasteiger partial charge in [0, 0.05) is 23.1 Å². The molecular weight excluding hydrogens is 344 g/mol. The highest BCUT2D eigenvalue weighted by Gasteiger charge is 2.08. The zero-order valence-corrected chi connectivity index (χ0v) is 15.3. The lowest BCUT2D eigenvalue weighted by molar-refractivity contribution is 0.0601. The fraction of sp³-hybridized carbons (Fsp3) is 0.150. The van der Waals surface area contributed by atoms with Gasteiger partial charge in [-0.3, -0.25) is 0 Å². The lowest BCUT2D eigenvalue weighted by Gasteiger charge is -2.11. The molecule has 3 aromatic rings. The third-order valence-corrected chi connectivity index (χ3v) is 3.76. The van der Waals surface area contributed by atoms with E-state index in [-0.39, 0.29) is 0 Å². The number of anilines is 4. The number of rotatable bonds is 6. The van der Waals surface area contributed by atoms with Crippen molar-refractivity contribution in [3.05, 3.63) is 65.9 Å². The van der Waals surface area contributed by atoms with Crippen LogP contribution in [0.15, 0.2) is 54.6 Å². The largest absolute Gasteiger partial charge is 0.497 e. The van der Waals surface area contributed by atoms with Crippen molar-refractivity contribution in [1.29, 1.82) is 0 Å². The number of carbonyl (C=O) groups is 1. The van der Waals surface area contributed by atoms with Crippen LogP contribution < -0.4 is 15.4 Å². The molecule has 0 saturated carbocycles. The Morgan fingerprint density at radius 2 is 1.70 bits per heavy atom. The number of aromatic nitrogens is 2. The van der Waals surface area contributed by atoms with Crippen molar-refractivity contribution in [2.75, 3.05) is 24.9 Å². The Labute approximate surface area is 157 Å². The van der Waals surface area contributed by atoms with E-state index in [1.54, 1.807) is 25.3 Å². The van der Waals surface area contributed by atoms with Crippen molar-refractivity contribution in [3.63, 3.8) is 0 Å². The van der Waals surface area contributed by atoms with Gasteiger partial charge < -0.3 is 20.1 Å². The van der Waals surface area contributed by atoms with Gasteiger partial charge in [0.25, 0.3) is 0 Å². The van der Waals surface area contributed by atoms with Crippen LogP contribution in [0.2, 0.25) is 0 Å². The van der Waals surface area contributed by atoms with Crippen LogP contribution in [0.25, 0.3) is 0 Å². The van der Waals surface area contributed by atoms with E-state index in [1.807, 2.05) is 43.3 Å². The molecule has 27 heavy (non-hydrogen) atoms. The minimum absolute atomic E-state index is 0.398. The number of aryl methyl sites for hydroxylation is 1. The molecule has 1 heterocycles. The zero-order chi connectivity index (χ0) is 19.2. The van der Waals surface area contributed by atoms with Gasteiger partial charge in [0.1, 0.15) is 11.6 Å². The van der Waals surface area contributed by atoms with Crippen LogP contribution >= 0.6 is 0 Å². The van der Waals surface area contributed by atoms with Crippen molar-refractivity contribution >= 4 is 29.1 Å². The summed E-state index contributed by atoms with van der Waals surface area (Å²) in [4.78, 5) is 20.6. The molecule has 0 fully saturated rings. The van der Waals surface area contributed by atoms with Crippen LogP contribution in [0.4, 0.5) is 23.1 Å². The first-order valence-electron chi connectivity index (χ1n) is 8.29. The number of carbonyl (C=O) groups excluding carboxylic acids is 1. The summed E-state index contributed by atoms with van der Waals surface area (Å²) in [6, 6.07) is 16.4. The van der Waals surface area contributed by atoms with Crippen molar-refractivity contribution in [1.82, 2.24) is 9.97 Å². The highest BCUT2D eigenvalue weighted by molar-refractivity contribution is 5.90. The summed E-state index contributed by atoms with van der Waals surface area (Å²) in [6.07, 6.45) is 0. The number of ether oxygens (including phenoxy) is 2. The second kappa shape index (κ2) is 8.18. The van der Waals surface area contributed by atoms with Gasteiger partial charge in [0.15, 0.2) is 0 Å². The Morgan fingerprint density at radius 3 is 2.41 bits per heavy atom. The molecule has 138 valence electrons. The van der Waals surface area contributed by atoms with Crippen molar-refractivity contribution in [2.45, 2.75) is 6.92 Å². The fourth-order valence-electron chi connectivity index (χ4n) is 2.48. The highest BCUT2D eigenvalue weighted by Crippen LogP contribution is 2.21.